The van der Waals surface area contributed by atoms with Crippen LogP contribution >= 0.6 is 0 Å². The minimum atomic E-state index is -4.50. The highest BCUT2D eigenvalue weighted by Crippen LogP contribution is 2.47. The molecule has 1 aromatic carbocycles. The van der Waals surface area contributed by atoms with E-state index in [-0.39, 0.29) is 29.7 Å². The SMILES string of the molecule is CC.CC.CC(=O)NCC1(C)CCN(c2ccc(CNC(=O)C3(c4ccc(OCc5ccc(C(F)(F)F)nc5)nn4)CC3)cc2)CC1. The van der Waals surface area contributed by atoms with Crippen molar-refractivity contribution >= 4 is 17.5 Å². The quantitative estimate of drug-likeness (QED) is 0.253. The number of pyridine rings is 1. The molecule has 2 fully saturated rings. The van der Waals surface area contributed by atoms with E-state index in [1.165, 1.54) is 6.07 Å². The lowest BCUT2D eigenvalue weighted by Crippen LogP contribution is -2.44. The van der Waals surface area contributed by atoms with E-state index in [1.54, 1.807) is 19.1 Å². The zero-order valence-corrected chi connectivity index (χ0v) is 28.2. The standard InChI is InChI=1S/C31H35F3N6O3.2C2H6/c1-21(41)37-20-29(2)13-15-40(16-14-29)24-6-3-22(4-7-24)17-36-28(42)30(11-12-30)25-9-10-27(39-38-25)43-19-23-5-8-26(35-18-23)31(32,33)34;2*1-2/h3-10,18H,11-17,19-20H2,1-2H3,(H,36,42)(H,37,41);2*1-2H3. The minimum Gasteiger partial charge on any atom is -0.472 e. The number of benzene rings is 1. The summed E-state index contributed by atoms with van der Waals surface area (Å²) in [5, 5.41) is 14.3. The number of piperidine rings is 1. The summed E-state index contributed by atoms with van der Waals surface area (Å²) in [5.41, 5.74) is 1.57. The molecule has 1 saturated carbocycles. The zero-order chi connectivity index (χ0) is 34.7. The minimum absolute atomic E-state index is 0.00475. The molecule has 0 spiro atoms. The molecule has 2 amide bonds. The van der Waals surface area contributed by atoms with Gasteiger partial charge in [0.15, 0.2) is 0 Å². The molecule has 256 valence electrons. The molecule has 3 heterocycles. The highest BCUT2D eigenvalue weighted by molar-refractivity contribution is 5.90. The molecule has 12 heteroatoms. The Hall–Kier alpha value is -4.22. The van der Waals surface area contributed by atoms with Crippen LogP contribution in [0.1, 0.15) is 89.7 Å². The van der Waals surface area contributed by atoms with Crippen molar-refractivity contribution in [1.82, 2.24) is 25.8 Å². The van der Waals surface area contributed by atoms with Crippen LogP contribution in [0.5, 0.6) is 5.88 Å². The van der Waals surface area contributed by atoms with Crippen molar-refractivity contribution < 1.29 is 27.5 Å². The number of aromatic nitrogens is 3. The van der Waals surface area contributed by atoms with Gasteiger partial charge < -0.3 is 20.3 Å². The van der Waals surface area contributed by atoms with E-state index in [4.69, 9.17) is 4.74 Å². The van der Waals surface area contributed by atoms with Crippen LogP contribution in [0.25, 0.3) is 0 Å². The van der Waals surface area contributed by atoms with E-state index in [0.29, 0.717) is 37.2 Å². The summed E-state index contributed by atoms with van der Waals surface area (Å²) in [6, 6.07) is 13.7. The number of nitrogens with one attached hydrogen (secondary N) is 2. The smallest absolute Gasteiger partial charge is 0.433 e. The molecule has 1 aliphatic heterocycles. The third kappa shape index (κ3) is 10.1. The van der Waals surface area contributed by atoms with Crippen molar-refractivity contribution in [1.29, 1.82) is 0 Å². The lowest BCUT2D eigenvalue weighted by atomic mass is 9.80. The number of carbonyl (C=O) groups excluding carboxylic acids is 2. The first-order valence-corrected chi connectivity index (χ1v) is 16.3. The van der Waals surface area contributed by atoms with Gasteiger partial charge in [0.2, 0.25) is 17.7 Å². The Labute approximate surface area is 275 Å². The van der Waals surface area contributed by atoms with Crippen LogP contribution in [0, 0.1) is 5.41 Å². The monoisotopic (exact) mass is 656 g/mol. The van der Waals surface area contributed by atoms with E-state index in [0.717, 1.165) is 49.4 Å². The van der Waals surface area contributed by atoms with Gasteiger partial charge in [-0.05, 0) is 60.9 Å². The van der Waals surface area contributed by atoms with Gasteiger partial charge in [0.25, 0.3) is 0 Å². The van der Waals surface area contributed by atoms with E-state index < -0.39 is 17.3 Å². The number of hydrogen-bond acceptors (Lipinski definition) is 7. The highest BCUT2D eigenvalue weighted by Gasteiger charge is 2.52. The second kappa shape index (κ2) is 16.6. The second-order valence-corrected chi connectivity index (χ2v) is 11.7. The number of halogens is 3. The first kappa shape index (κ1) is 37.2. The van der Waals surface area contributed by atoms with Crippen LogP contribution in [0.2, 0.25) is 0 Å². The number of hydrogen-bond donors (Lipinski definition) is 2. The molecule has 2 aliphatic rings. The molecule has 47 heavy (non-hydrogen) atoms. The molecule has 0 unspecified atom stereocenters. The molecule has 1 saturated heterocycles. The van der Waals surface area contributed by atoms with Crippen LogP contribution in [0.15, 0.2) is 54.7 Å². The average Bonchev–Trinajstić information content (AvgIpc) is 3.90. The predicted octanol–water partition coefficient (Wildman–Crippen LogP) is 6.61. The Kier molecular flexibility index (Phi) is 13.1. The molecular formula is C35H47F3N6O3. The van der Waals surface area contributed by atoms with Gasteiger partial charge in [0.05, 0.1) is 11.1 Å². The summed E-state index contributed by atoms with van der Waals surface area (Å²) in [7, 11) is 0. The maximum absolute atomic E-state index is 13.1. The highest BCUT2D eigenvalue weighted by atomic mass is 19.4. The molecule has 0 bridgehead atoms. The fourth-order valence-electron chi connectivity index (χ4n) is 5.21. The number of ether oxygens (including phenoxy) is 1. The largest absolute Gasteiger partial charge is 0.472 e. The van der Waals surface area contributed by atoms with E-state index in [2.05, 4.69) is 49.8 Å². The van der Waals surface area contributed by atoms with Crippen LogP contribution in [0.4, 0.5) is 18.9 Å². The summed E-state index contributed by atoms with van der Waals surface area (Å²) < 4.78 is 43.6. The number of carbonyl (C=O) groups is 2. The Morgan fingerprint density at radius 1 is 0.872 bits per heavy atom. The second-order valence-electron chi connectivity index (χ2n) is 11.7. The van der Waals surface area contributed by atoms with Crippen molar-refractivity contribution in [3.05, 3.63) is 77.2 Å². The predicted molar refractivity (Wildman–Crippen MR) is 176 cm³/mol. The van der Waals surface area contributed by atoms with Crippen LogP contribution in [-0.2, 0) is 34.3 Å². The van der Waals surface area contributed by atoms with Gasteiger partial charge in [-0.3, -0.25) is 14.6 Å². The number of nitrogens with zero attached hydrogens (tertiary/aromatic N) is 4. The molecule has 1 aliphatic carbocycles. The normalized spacial score (nSPS) is 16.0. The van der Waals surface area contributed by atoms with E-state index in [1.807, 2.05) is 39.8 Å². The number of anilines is 1. The maximum Gasteiger partial charge on any atom is 0.433 e. The molecule has 0 atom stereocenters. The van der Waals surface area contributed by atoms with Crippen molar-refractivity contribution in [2.24, 2.45) is 5.41 Å². The molecule has 9 nitrogen and oxygen atoms in total. The van der Waals surface area contributed by atoms with Crippen LogP contribution in [0.3, 0.4) is 0 Å². The van der Waals surface area contributed by atoms with Crippen molar-refractivity contribution in [2.45, 2.75) is 92.0 Å². The average molecular weight is 657 g/mol. The number of alkyl halides is 3. The fraction of sp³-hybridized carbons (Fsp3) is 0.514. The molecule has 3 aromatic rings. The fourth-order valence-corrected chi connectivity index (χ4v) is 5.21. The topological polar surface area (TPSA) is 109 Å². The number of amides is 2. The van der Waals surface area contributed by atoms with E-state index >= 15 is 0 Å². The van der Waals surface area contributed by atoms with Gasteiger partial charge in [-0.1, -0.05) is 52.8 Å². The third-order valence-electron chi connectivity index (χ3n) is 8.31. The van der Waals surface area contributed by atoms with Crippen LogP contribution in [-0.4, -0.2) is 46.6 Å². The van der Waals surface area contributed by atoms with Gasteiger partial charge in [-0.15, -0.1) is 5.10 Å². The summed E-state index contributed by atoms with van der Waals surface area (Å²) in [4.78, 5) is 30.2. The van der Waals surface area contributed by atoms with Gasteiger partial charge >= 0.3 is 6.18 Å². The van der Waals surface area contributed by atoms with Gasteiger partial charge in [-0.2, -0.15) is 18.3 Å². The lowest BCUT2D eigenvalue weighted by molar-refractivity contribution is -0.141. The summed E-state index contributed by atoms with van der Waals surface area (Å²) in [6.45, 7) is 14.7. The summed E-state index contributed by atoms with van der Waals surface area (Å²) in [6.07, 6.45) is -0.0503. The van der Waals surface area contributed by atoms with Crippen molar-refractivity contribution in [2.75, 3.05) is 24.5 Å². The van der Waals surface area contributed by atoms with Crippen LogP contribution < -0.4 is 20.3 Å². The Bertz CT molecular complexity index is 1420. The van der Waals surface area contributed by atoms with Gasteiger partial charge in [-0.25, -0.2) is 0 Å². The first-order valence-electron chi connectivity index (χ1n) is 16.3. The summed E-state index contributed by atoms with van der Waals surface area (Å²) in [5.74, 6) is 0.0981. The Balaban J connectivity index is 0.00000144. The molecule has 0 radical (unpaired) electrons. The van der Waals surface area contributed by atoms with Gasteiger partial charge in [0, 0.05) is 56.6 Å². The van der Waals surface area contributed by atoms with Crippen molar-refractivity contribution in [3.8, 4) is 5.88 Å². The molecule has 2 aromatic heterocycles. The lowest BCUT2D eigenvalue weighted by Gasteiger charge is -2.40. The molecule has 5 rings (SSSR count). The molecule has 2 N–H and O–H groups in total. The first-order chi connectivity index (χ1) is 22.5. The Morgan fingerprint density at radius 2 is 1.51 bits per heavy atom. The number of rotatable bonds is 10. The maximum atomic E-state index is 13.1. The van der Waals surface area contributed by atoms with Crippen molar-refractivity contribution in [3.63, 3.8) is 0 Å². The third-order valence-corrected chi connectivity index (χ3v) is 8.31. The molecular weight excluding hydrogens is 609 g/mol. The van der Waals surface area contributed by atoms with Gasteiger partial charge in [0.1, 0.15) is 12.3 Å². The Morgan fingerprint density at radius 3 is 2.02 bits per heavy atom. The zero-order valence-electron chi connectivity index (χ0n) is 28.2. The van der Waals surface area contributed by atoms with E-state index in [9.17, 15) is 22.8 Å². The summed E-state index contributed by atoms with van der Waals surface area (Å²) >= 11 is 0.